The van der Waals surface area contributed by atoms with Gasteiger partial charge in [0.25, 0.3) is 0 Å². The molecule has 0 amide bonds. The summed E-state index contributed by atoms with van der Waals surface area (Å²) < 4.78 is 8.87. The highest BCUT2D eigenvalue weighted by atomic mass is 32.7. The summed E-state index contributed by atoms with van der Waals surface area (Å²) in [6.07, 6.45) is 3.77. The lowest BCUT2D eigenvalue weighted by molar-refractivity contribution is 0.346. The van der Waals surface area contributed by atoms with Crippen molar-refractivity contribution in [2.24, 2.45) is 0 Å². The largest absolute Gasteiger partial charge is 0.490 e. The van der Waals surface area contributed by atoms with Crippen LogP contribution in [0.2, 0.25) is 0 Å². The number of nitrogens with zero attached hydrogens (tertiary/aromatic N) is 1. The Hall–Kier alpha value is -1.02. The lowest BCUT2D eigenvalue weighted by Gasteiger charge is -2.44. The fourth-order valence-electron chi connectivity index (χ4n) is 3.25. The van der Waals surface area contributed by atoms with Crippen LogP contribution in [0.5, 0.6) is 5.75 Å². The molecular formula is C17H18NOPS. The first kappa shape index (κ1) is 13.6. The molecule has 0 aliphatic carbocycles. The Labute approximate surface area is 131 Å². The van der Waals surface area contributed by atoms with Crippen molar-refractivity contribution in [3.63, 3.8) is 0 Å². The van der Waals surface area contributed by atoms with E-state index in [-0.39, 0.29) is 0 Å². The summed E-state index contributed by atoms with van der Waals surface area (Å²) in [6.45, 7) is -0.0179. The maximum absolute atomic E-state index is 6.44. The third-order valence-corrected chi connectivity index (χ3v) is 8.41. The van der Waals surface area contributed by atoms with Gasteiger partial charge in [-0.25, -0.2) is 0 Å². The molecule has 1 saturated heterocycles. The third kappa shape index (κ3) is 2.19. The molecule has 4 heteroatoms. The van der Waals surface area contributed by atoms with Crippen molar-refractivity contribution >= 4 is 24.4 Å². The standard InChI is InChI=1S/C17H18NOPS/c21-20(18-12-6-1-7-13-18)17-11-5-3-9-15(17)14-8-2-4-10-16(14)19-20/h2-5,8-11H,1,6-7,12-13H2. The quantitative estimate of drug-likeness (QED) is 0.579. The summed E-state index contributed by atoms with van der Waals surface area (Å²) in [6, 6.07) is 16.8. The molecule has 1 unspecified atom stereocenters. The molecule has 0 saturated carbocycles. The zero-order valence-corrected chi connectivity index (χ0v) is 13.6. The first-order valence-electron chi connectivity index (χ1n) is 7.53. The van der Waals surface area contributed by atoms with Crippen LogP contribution in [0.15, 0.2) is 48.5 Å². The van der Waals surface area contributed by atoms with Crippen LogP contribution in [0.3, 0.4) is 0 Å². The summed E-state index contributed by atoms with van der Waals surface area (Å²) in [5, 5.41) is 1.22. The van der Waals surface area contributed by atoms with Gasteiger partial charge in [-0.2, -0.15) is 4.67 Å². The molecule has 108 valence electrons. The van der Waals surface area contributed by atoms with Crippen molar-refractivity contribution in [1.82, 2.24) is 4.67 Å². The topological polar surface area (TPSA) is 12.5 Å². The molecular weight excluding hydrogens is 297 g/mol. The highest BCUT2D eigenvalue weighted by Crippen LogP contribution is 2.64. The molecule has 0 spiro atoms. The summed E-state index contributed by atoms with van der Waals surface area (Å²) in [7, 11) is 0. The number of rotatable bonds is 1. The Balaban J connectivity index is 1.87. The van der Waals surface area contributed by atoms with Crippen LogP contribution in [0.25, 0.3) is 11.1 Å². The Kier molecular flexibility index (Phi) is 3.45. The summed E-state index contributed by atoms with van der Waals surface area (Å²) in [5.41, 5.74) is 2.43. The van der Waals surface area contributed by atoms with E-state index in [1.165, 1.54) is 35.7 Å². The summed E-state index contributed by atoms with van der Waals surface area (Å²) in [4.78, 5) is 0. The van der Waals surface area contributed by atoms with Crippen molar-refractivity contribution in [2.75, 3.05) is 13.1 Å². The molecule has 2 heterocycles. The number of hydrogen-bond donors (Lipinski definition) is 0. The normalized spacial score (nSPS) is 24.8. The second-order valence-corrected chi connectivity index (χ2v) is 9.40. The van der Waals surface area contributed by atoms with Crippen molar-refractivity contribution in [1.29, 1.82) is 0 Å². The minimum Gasteiger partial charge on any atom is -0.490 e. The van der Waals surface area contributed by atoms with E-state index in [1.807, 2.05) is 6.07 Å². The Bertz CT molecular complexity index is 671. The summed E-state index contributed by atoms with van der Waals surface area (Å²) in [5.74, 6) is 0.949. The monoisotopic (exact) mass is 315 g/mol. The van der Waals surface area contributed by atoms with Gasteiger partial charge in [0, 0.05) is 24.2 Å². The molecule has 2 nitrogen and oxygen atoms in total. The van der Waals surface area contributed by atoms with E-state index in [0.717, 1.165) is 18.8 Å². The van der Waals surface area contributed by atoms with Crippen molar-refractivity contribution < 1.29 is 4.52 Å². The van der Waals surface area contributed by atoms with Crippen LogP contribution in [0.4, 0.5) is 0 Å². The molecule has 1 fully saturated rings. The van der Waals surface area contributed by atoms with Crippen LogP contribution in [0.1, 0.15) is 19.3 Å². The minimum atomic E-state index is -2.14. The van der Waals surface area contributed by atoms with Gasteiger partial charge in [0.1, 0.15) is 5.30 Å². The maximum atomic E-state index is 6.44. The van der Waals surface area contributed by atoms with E-state index in [4.69, 9.17) is 16.8 Å². The van der Waals surface area contributed by atoms with Crippen molar-refractivity contribution in [3.8, 4) is 16.9 Å². The molecule has 0 aromatic heterocycles. The highest BCUT2D eigenvalue weighted by molar-refractivity contribution is 8.42. The Morgan fingerprint density at radius 3 is 2.33 bits per heavy atom. The van der Waals surface area contributed by atoms with E-state index in [1.54, 1.807) is 0 Å². The number of para-hydroxylation sites is 1. The molecule has 2 aliphatic rings. The zero-order chi connectivity index (χ0) is 14.3. The molecule has 0 N–H and O–H groups in total. The van der Waals surface area contributed by atoms with Crippen LogP contribution in [-0.4, -0.2) is 17.8 Å². The van der Waals surface area contributed by atoms with Gasteiger partial charge in [0.15, 0.2) is 12.6 Å². The van der Waals surface area contributed by atoms with Gasteiger partial charge in [0.2, 0.25) is 0 Å². The second kappa shape index (κ2) is 5.31. The van der Waals surface area contributed by atoms with E-state index in [9.17, 15) is 0 Å². The van der Waals surface area contributed by atoms with Gasteiger partial charge >= 0.3 is 0 Å². The zero-order valence-electron chi connectivity index (χ0n) is 11.9. The highest BCUT2D eigenvalue weighted by Gasteiger charge is 2.44. The maximum Gasteiger partial charge on any atom is 0.181 e. The molecule has 2 aliphatic heterocycles. The number of benzene rings is 2. The van der Waals surface area contributed by atoms with E-state index in [0.29, 0.717) is 0 Å². The van der Waals surface area contributed by atoms with Gasteiger partial charge in [-0.15, -0.1) is 0 Å². The predicted molar refractivity (Wildman–Crippen MR) is 91.8 cm³/mol. The number of piperidine rings is 1. The molecule has 1 atom stereocenters. The average molecular weight is 315 g/mol. The van der Waals surface area contributed by atoms with E-state index < -0.39 is 6.84 Å². The third-order valence-electron chi connectivity index (χ3n) is 4.31. The first-order valence-corrected chi connectivity index (χ1v) is 10.2. The molecule has 0 bridgehead atoms. The lowest BCUT2D eigenvalue weighted by atomic mass is 10.0. The van der Waals surface area contributed by atoms with E-state index in [2.05, 4.69) is 47.1 Å². The fourth-order valence-corrected chi connectivity index (χ4v) is 6.99. The molecule has 21 heavy (non-hydrogen) atoms. The fraction of sp³-hybridized carbons (Fsp3) is 0.294. The van der Waals surface area contributed by atoms with Gasteiger partial charge in [0.05, 0.1) is 0 Å². The minimum absolute atomic E-state index is 0.949. The van der Waals surface area contributed by atoms with Crippen LogP contribution >= 0.6 is 6.84 Å². The first-order chi connectivity index (χ1) is 10.3. The number of hydrogen-bond acceptors (Lipinski definition) is 3. The van der Waals surface area contributed by atoms with Crippen LogP contribution in [-0.2, 0) is 12.2 Å². The van der Waals surface area contributed by atoms with Crippen molar-refractivity contribution in [2.45, 2.75) is 19.3 Å². The average Bonchev–Trinajstić information content (AvgIpc) is 2.56. The predicted octanol–water partition coefficient (Wildman–Crippen LogP) is 4.17. The smallest absolute Gasteiger partial charge is 0.181 e. The van der Waals surface area contributed by atoms with Gasteiger partial charge in [-0.05, 0) is 25.0 Å². The molecule has 2 aromatic rings. The molecule has 2 aromatic carbocycles. The molecule has 0 radical (unpaired) electrons. The van der Waals surface area contributed by atoms with Gasteiger partial charge in [-0.3, -0.25) is 0 Å². The van der Waals surface area contributed by atoms with Crippen molar-refractivity contribution in [3.05, 3.63) is 48.5 Å². The SMILES string of the molecule is [S-][P+]1(N2CCCCC2)Oc2ccccc2-c2ccccc21. The van der Waals surface area contributed by atoms with Gasteiger partial charge < -0.3 is 16.8 Å². The summed E-state index contributed by atoms with van der Waals surface area (Å²) >= 11 is 6.12. The Morgan fingerprint density at radius 2 is 1.52 bits per heavy atom. The second-order valence-electron chi connectivity index (χ2n) is 5.64. The van der Waals surface area contributed by atoms with E-state index >= 15 is 0 Å². The van der Waals surface area contributed by atoms with Crippen LogP contribution < -0.4 is 9.83 Å². The lowest BCUT2D eigenvalue weighted by Crippen LogP contribution is -2.38. The number of fused-ring (bicyclic) bond motifs is 3. The van der Waals surface area contributed by atoms with Crippen LogP contribution in [0, 0.1) is 0 Å². The Morgan fingerprint density at radius 1 is 0.857 bits per heavy atom. The van der Waals surface area contributed by atoms with Gasteiger partial charge in [-0.1, -0.05) is 42.8 Å². The molecule has 4 rings (SSSR count).